The van der Waals surface area contributed by atoms with Crippen molar-refractivity contribution in [2.75, 3.05) is 18.5 Å². The van der Waals surface area contributed by atoms with E-state index in [-0.39, 0.29) is 12.0 Å². The number of aromatic nitrogens is 1. The van der Waals surface area contributed by atoms with Crippen molar-refractivity contribution in [2.45, 2.75) is 6.10 Å². The first kappa shape index (κ1) is 13.0. The van der Waals surface area contributed by atoms with Gasteiger partial charge in [-0.25, -0.2) is 0 Å². The SMILES string of the molecule is O=C1Nc2cccc(OCC3CO3)c2C1=Cc1ccccn1. The van der Waals surface area contributed by atoms with Gasteiger partial charge in [0.2, 0.25) is 0 Å². The molecule has 2 aliphatic heterocycles. The number of pyridine rings is 1. The lowest BCUT2D eigenvalue weighted by Crippen LogP contribution is -2.06. The van der Waals surface area contributed by atoms with Gasteiger partial charge in [-0.3, -0.25) is 9.78 Å². The predicted octanol–water partition coefficient (Wildman–Crippen LogP) is 2.35. The molecule has 0 spiro atoms. The van der Waals surface area contributed by atoms with Crippen molar-refractivity contribution in [3.05, 3.63) is 53.9 Å². The number of anilines is 1. The quantitative estimate of drug-likeness (QED) is 0.694. The van der Waals surface area contributed by atoms with E-state index in [4.69, 9.17) is 9.47 Å². The smallest absolute Gasteiger partial charge is 0.256 e. The zero-order valence-electron chi connectivity index (χ0n) is 11.8. The van der Waals surface area contributed by atoms with E-state index in [1.807, 2.05) is 36.4 Å². The Kier molecular flexibility index (Phi) is 3.12. The molecule has 110 valence electrons. The minimum atomic E-state index is -0.139. The third-order valence-corrected chi connectivity index (χ3v) is 3.60. The Morgan fingerprint density at radius 2 is 2.23 bits per heavy atom. The van der Waals surface area contributed by atoms with Crippen LogP contribution in [0, 0.1) is 0 Å². The number of epoxide rings is 1. The highest BCUT2D eigenvalue weighted by molar-refractivity contribution is 6.35. The number of rotatable bonds is 4. The van der Waals surface area contributed by atoms with Crippen LogP contribution in [0.25, 0.3) is 11.6 Å². The summed E-state index contributed by atoms with van der Waals surface area (Å²) in [5, 5.41) is 2.87. The molecule has 0 radical (unpaired) electrons. The molecule has 1 amide bonds. The molecule has 1 aromatic carbocycles. The van der Waals surface area contributed by atoms with Gasteiger partial charge >= 0.3 is 0 Å². The summed E-state index contributed by atoms with van der Waals surface area (Å²) in [5.74, 6) is 0.549. The van der Waals surface area contributed by atoms with E-state index in [1.54, 1.807) is 12.3 Å². The molecule has 2 aromatic rings. The Hall–Kier alpha value is -2.66. The van der Waals surface area contributed by atoms with Crippen LogP contribution >= 0.6 is 0 Å². The zero-order valence-corrected chi connectivity index (χ0v) is 11.8. The van der Waals surface area contributed by atoms with Crippen LogP contribution in [0.15, 0.2) is 42.6 Å². The second kappa shape index (κ2) is 5.27. The van der Waals surface area contributed by atoms with Crippen molar-refractivity contribution in [2.24, 2.45) is 0 Å². The van der Waals surface area contributed by atoms with Crippen LogP contribution in [-0.2, 0) is 9.53 Å². The minimum Gasteiger partial charge on any atom is -0.490 e. The van der Waals surface area contributed by atoms with Gasteiger partial charge in [0, 0.05) is 6.20 Å². The molecular formula is C17H14N2O3. The fourth-order valence-electron chi connectivity index (χ4n) is 2.43. The molecule has 1 atom stereocenters. The number of benzene rings is 1. The fourth-order valence-corrected chi connectivity index (χ4v) is 2.43. The van der Waals surface area contributed by atoms with Crippen LogP contribution in [0.5, 0.6) is 5.75 Å². The highest BCUT2D eigenvalue weighted by Gasteiger charge is 2.29. The Morgan fingerprint density at radius 1 is 1.32 bits per heavy atom. The number of ether oxygens (including phenoxy) is 2. The van der Waals surface area contributed by atoms with E-state index < -0.39 is 0 Å². The standard InChI is InChI=1S/C17H14N2O3/c20-17-13(8-11-4-1-2-7-18-11)16-14(19-17)5-3-6-15(16)22-10-12-9-21-12/h1-8,12H,9-10H2,(H,19,20). The Morgan fingerprint density at radius 3 is 3.00 bits per heavy atom. The van der Waals surface area contributed by atoms with Gasteiger partial charge in [0.15, 0.2) is 0 Å². The molecule has 1 N–H and O–H groups in total. The molecule has 3 heterocycles. The second-order valence-electron chi connectivity index (χ2n) is 5.21. The van der Waals surface area contributed by atoms with Gasteiger partial charge in [-0.15, -0.1) is 0 Å². The van der Waals surface area contributed by atoms with Gasteiger partial charge in [0.05, 0.1) is 29.1 Å². The summed E-state index contributed by atoms with van der Waals surface area (Å²) in [5.41, 5.74) is 2.86. The maximum atomic E-state index is 12.3. The van der Waals surface area contributed by atoms with E-state index in [0.29, 0.717) is 17.9 Å². The van der Waals surface area contributed by atoms with Gasteiger partial charge in [0.25, 0.3) is 5.91 Å². The normalized spacial score (nSPS) is 20.6. The van der Waals surface area contributed by atoms with Crippen molar-refractivity contribution < 1.29 is 14.3 Å². The number of carbonyl (C=O) groups is 1. The van der Waals surface area contributed by atoms with Gasteiger partial charge < -0.3 is 14.8 Å². The van der Waals surface area contributed by atoms with Crippen molar-refractivity contribution in [3.63, 3.8) is 0 Å². The maximum Gasteiger partial charge on any atom is 0.256 e. The number of carbonyl (C=O) groups excluding carboxylic acids is 1. The number of hydrogen-bond acceptors (Lipinski definition) is 4. The number of amides is 1. The molecule has 0 saturated carbocycles. The highest BCUT2D eigenvalue weighted by Crippen LogP contribution is 2.39. The van der Waals surface area contributed by atoms with E-state index in [0.717, 1.165) is 23.6 Å². The maximum absolute atomic E-state index is 12.3. The van der Waals surface area contributed by atoms with Crippen LogP contribution in [0.1, 0.15) is 11.3 Å². The van der Waals surface area contributed by atoms with Crippen LogP contribution in [0.4, 0.5) is 5.69 Å². The first-order valence-electron chi connectivity index (χ1n) is 7.13. The molecule has 4 rings (SSSR count). The topological polar surface area (TPSA) is 63.8 Å². The molecule has 1 fully saturated rings. The van der Waals surface area contributed by atoms with Gasteiger partial charge in [0.1, 0.15) is 18.5 Å². The zero-order chi connectivity index (χ0) is 14.9. The molecule has 22 heavy (non-hydrogen) atoms. The number of fused-ring (bicyclic) bond motifs is 1. The summed E-state index contributed by atoms with van der Waals surface area (Å²) in [6, 6.07) is 11.2. The average Bonchev–Trinajstić information content (AvgIpc) is 3.31. The van der Waals surface area contributed by atoms with Crippen LogP contribution in [0.2, 0.25) is 0 Å². The summed E-state index contributed by atoms with van der Waals surface area (Å²) in [7, 11) is 0. The molecule has 0 bridgehead atoms. The van der Waals surface area contributed by atoms with Crippen LogP contribution < -0.4 is 10.1 Å². The van der Waals surface area contributed by atoms with Gasteiger partial charge in [-0.2, -0.15) is 0 Å². The Balaban J connectivity index is 1.73. The Bertz CT molecular complexity index is 752. The third-order valence-electron chi connectivity index (χ3n) is 3.60. The van der Waals surface area contributed by atoms with Crippen molar-refractivity contribution >= 4 is 23.2 Å². The highest BCUT2D eigenvalue weighted by atomic mass is 16.6. The van der Waals surface area contributed by atoms with Crippen molar-refractivity contribution in [1.29, 1.82) is 0 Å². The van der Waals surface area contributed by atoms with E-state index >= 15 is 0 Å². The number of nitrogens with zero attached hydrogens (tertiary/aromatic N) is 1. The monoisotopic (exact) mass is 294 g/mol. The largest absolute Gasteiger partial charge is 0.490 e. The molecule has 5 heteroatoms. The van der Waals surface area contributed by atoms with E-state index in [1.165, 1.54) is 0 Å². The number of nitrogens with one attached hydrogen (secondary N) is 1. The van der Waals surface area contributed by atoms with E-state index in [9.17, 15) is 4.79 Å². The third kappa shape index (κ3) is 2.46. The Labute approximate surface area is 127 Å². The first-order chi connectivity index (χ1) is 10.8. The number of hydrogen-bond donors (Lipinski definition) is 1. The minimum absolute atomic E-state index is 0.139. The van der Waals surface area contributed by atoms with Crippen LogP contribution in [-0.4, -0.2) is 30.2 Å². The first-order valence-corrected chi connectivity index (χ1v) is 7.13. The molecule has 0 aliphatic carbocycles. The molecule has 1 saturated heterocycles. The van der Waals surface area contributed by atoms with Gasteiger partial charge in [-0.1, -0.05) is 12.1 Å². The van der Waals surface area contributed by atoms with Crippen molar-refractivity contribution in [3.8, 4) is 5.75 Å². The van der Waals surface area contributed by atoms with E-state index in [2.05, 4.69) is 10.3 Å². The van der Waals surface area contributed by atoms with Crippen molar-refractivity contribution in [1.82, 2.24) is 4.98 Å². The lowest BCUT2D eigenvalue weighted by atomic mass is 10.0. The summed E-state index contributed by atoms with van der Waals surface area (Å²) < 4.78 is 11.0. The average molecular weight is 294 g/mol. The summed E-state index contributed by atoms with van der Waals surface area (Å²) in [6.45, 7) is 1.24. The summed E-state index contributed by atoms with van der Waals surface area (Å²) in [6.07, 6.45) is 3.65. The summed E-state index contributed by atoms with van der Waals surface area (Å²) in [4.78, 5) is 16.5. The fraction of sp³-hybridized carbons (Fsp3) is 0.176. The predicted molar refractivity (Wildman–Crippen MR) is 82.4 cm³/mol. The van der Waals surface area contributed by atoms with Crippen LogP contribution in [0.3, 0.4) is 0 Å². The molecule has 5 nitrogen and oxygen atoms in total. The molecule has 1 aromatic heterocycles. The van der Waals surface area contributed by atoms with Gasteiger partial charge in [-0.05, 0) is 30.3 Å². The molecular weight excluding hydrogens is 280 g/mol. The second-order valence-corrected chi connectivity index (χ2v) is 5.21. The lowest BCUT2D eigenvalue weighted by Gasteiger charge is -2.09. The lowest BCUT2D eigenvalue weighted by molar-refractivity contribution is -0.110. The molecule has 1 unspecified atom stereocenters. The summed E-state index contributed by atoms with van der Waals surface area (Å²) >= 11 is 0. The molecule has 2 aliphatic rings.